The standard InChI is InChI=1S/C22H21ClN2O4S/c1-28-19-9-5-15(12-20(19)29-2)18(26)8-10-21(27)25-22-24-13-17(30-22)11-14-3-6-16(23)7-4-14/h3-7,9,12-13H,8,10-11H2,1-2H3,(H,24,25,27). The Kier molecular flexibility index (Phi) is 7.43. The number of anilines is 1. The van der Waals surface area contributed by atoms with Crippen LogP contribution in [-0.4, -0.2) is 30.9 Å². The van der Waals surface area contributed by atoms with Crippen LogP contribution in [0.1, 0.15) is 33.6 Å². The highest BCUT2D eigenvalue weighted by atomic mass is 35.5. The van der Waals surface area contributed by atoms with E-state index in [1.54, 1.807) is 24.4 Å². The fourth-order valence-electron chi connectivity index (χ4n) is 2.81. The highest BCUT2D eigenvalue weighted by Crippen LogP contribution is 2.28. The van der Waals surface area contributed by atoms with Gasteiger partial charge in [0.2, 0.25) is 5.91 Å². The minimum absolute atomic E-state index is 0.0687. The van der Waals surface area contributed by atoms with Crippen molar-refractivity contribution in [3.05, 3.63) is 69.7 Å². The molecule has 8 heteroatoms. The molecule has 0 aliphatic rings. The molecular formula is C22H21ClN2O4S. The average molecular weight is 445 g/mol. The van der Waals surface area contributed by atoms with Gasteiger partial charge in [0.15, 0.2) is 22.4 Å². The largest absolute Gasteiger partial charge is 0.493 e. The third kappa shape index (κ3) is 5.81. The van der Waals surface area contributed by atoms with Gasteiger partial charge in [-0.1, -0.05) is 23.7 Å². The molecule has 0 fully saturated rings. The molecule has 0 spiro atoms. The number of methoxy groups -OCH3 is 2. The van der Waals surface area contributed by atoms with Crippen LogP contribution < -0.4 is 14.8 Å². The van der Waals surface area contributed by atoms with Crippen molar-refractivity contribution in [3.8, 4) is 11.5 Å². The predicted molar refractivity (Wildman–Crippen MR) is 118 cm³/mol. The second kappa shape index (κ2) is 10.2. The summed E-state index contributed by atoms with van der Waals surface area (Å²) in [5.74, 6) is 0.624. The maximum atomic E-state index is 12.4. The number of thiazole rings is 1. The summed E-state index contributed by atoms with van der Waals surface area (Å²) in [5, 5.41) is 3.96. The molecule has 1 N–H and O–H groups in total. The second-order valence-corrected chi connectivity index (χ2v) is 8.03. The molecule has 1 amide bonds. The number of hydrogen-bond donors (Lipinski definition) is 1. The molecule has 2 aromatic carbocycles. The maximum absolute atomic E-state index is 12.4. The fourth-order valence-corrected chi connectivity index (χ4v) is 3.80. The van der Waals surface area contributed by atoms with Crippen molar-refractivity contribution in [3.63, 3.8) is 0 Å². The lowest BCUT2D eigenvalue weighted by molar-refractivity contribution is -0.116. The fraction of sp³-hybridized carbons (Fsp3) is 0.227. The molecule has 156 valence electrons. The van der Waals surface area contributed by atoms with Crippen molar-refractivity contribution in [1.29, 1.82) is 0 Å². The maximum Gasteiger partial charge on any atom is 0.226 e. The third-order valence-electron chi connectivity index (χ3n) is 4.38. The average Bonchev–Trinajstić information content (AvgIpc) is 3.19. The molecule has 0 unspecified atom stereocenters. The minimum atomic E-state index is -0.254. The first-order valence-electron chi connectivity index (χ1n) is 9.22. The normalized spacial score (nSPS) is 10.5. The van der Waals surface area contributed by atoms with E-state index in [2.05, 4.69) is 10.3 Å². The van der Waals surface area contributed by atoms with E-state index < -0.39 is 0 Å². The van der Waals surface area contributed by atoms with Crippen molar-refractivity contribution in [2.24, 2.45) is 0 Å². The highest BCUT2D eigenvalue weighted by Gasteiger charge is 2.14. The molecule has 0 aliphatic carbocycles. The Morgan fingerprint density at radius 1 is 1.03 bits per heavy atom. The summed E-state index contributed by atoms with van der Waals surface area (Å²) in [6, 6.07) is 12.5. The number of aromatic nitrogens is 1. The Morgan fingerprint density at radius 2 is 1.77 bits per heavy atom. The van der Waals surface area contributed by atoms with Crippen molar-refractivity contribution in [1.82, 2.24) is 4.98 Å². The van der Waals surface area contributed by atoms with Gasteiger partial charge >= 0.3 is 0 Å². The van der Waals surface area contributed by atoms with E-state index >= 15 is 0 Å². The zero-order valence-corrected chi connectivity index (χ0v) is 18.2. The Labute approximate surface area is 183 Å². The van der Waals surface area contributed by atoms with Crippen molar-refractivity contribution in [2.45, 2.75) is 19.3 Å². The van der Waals surface area contributed by atoms with Gasteiger partial charge in [0, 0.05) is 40.9 Å². The predicted octanol–water partition coefficient (Wildman–Crippen LogP) is 5.01. The number of benzene rings is 2. The summed E-state index contributed by atoms with van der Waals surface area (Å²) < 4.78 is 10.4. The van der Waals surface area contributed by atoms with Crippen molar-refractivity contribution >= 4 is 39.8 Å². The molecule has 6 nitrogen and oxygen atoms in total. The first-order valence-corrected chi connectivity index (χ1v) is 10.4. The number of carbonyl (C=O) groups is 2. The number of ether oxygens (including phenoxy) is 2. The molecule has 0 saturated heterocycles. The lowest BCUT2D eigenvalue weighted by atomic mass is 10.1. The number of carbonyl (C=O) groups excluding carboxylic acids is 2. The summed E-state index contributed by atoms with van der Waals surface area (Å²) in [6.07, 6.45) is 2.61. The van der Waals surface area contributed by atoms with Crippen LogP contribution in [0.15, 0.2) is 48.7 Å². The molecule has 1 aromatic heterocycles. The summed E-state index contributed by atoms with van der Waals surface area (Å²) in [5.41, 5.74) is 1.58. The molecule has 0 atom stereocenters. The molecule has 30 heavy (non-hydrogen) atoms. The van der Waals surface area contributed by atoms with Crippen LogP contribution in [-0.2, 0) is 11.2 Å². The van der Waals surface area contributed by atoms with E-state index in [0.29, 0.717) is 33.6 Å². The number of nitrogens with zero attached hydrogens (tertiary/aromatic N) is 1. The molecule has 0 bridgehead atoms. The molecule has 0 saturated carbocycles. The van der Waals surface area contributed by atoms with Gasteiger partial charge < -0.3 is 14.8 Å². The van der Waals surface area contributed by atoms with Crippen LogP contribution in [0.25, 0.3) is 0 Å². The SMILES string of the molecule is COc1ccc(C(=O)CCC(=O)Nc2ncc(Cc3ccc(Cl)cc3)s2)cc1OC. The highest BCUT2D eigenvalue weighted by molar-refractivity contribution is 7.15. The molecule has 3 rings (SSSR count). The summed E-state index contributed by atoms with van der Waals surface area (Å²) >= 11 is 7.31. The van der Waals surface area contributed by atoms with E-state index in [9.17, 15) is 9.59 Å². The van der Waals surface area contributed by atoms with Crippen LogP contribution in [0.3, 0.4) is 0 Å². The summed E-state index contributed by atoms with van der Waals surface area (Å²) in [6.45, 7) is 0. The zero-order valence-electron chi connectivity index (χ0n) is 16.6. The van der Waals surface area contributed by atoms with Crippen LogP contribution >= 0.6 is 22.9 Å². The van der Waals surface area contributed by atoms with Crippen LogP contribution in [0.2, 0.25) is 5.02 Å². The molecule has 0 aliphatic heterocycles. The zero-order chi connectivity index (χ0) is 21.5. The molecule has 3 aromatic rings. The van der Waals surface area contributed by atoms with Crippen molar-refractivity contribution in [2.75, 3.05) is 19.5 Å². The van der Waals surface area contributed by atoms with E-state index in [-0.39, 0.29) is 24.5 Å². The quantitative estimate of drug-likeness (QED) is 0.469. The number of amides is 1. The Morgan fingerprint density at radius 3 is 2.47 bits per heavy atom. The first kappa shape index (κ1) is 21.8. The summed E-state index contributed by atoms with van der Waals surface area (Å²) in [4.78, 5) is 29.9. The number of hydrogen-bond acceptors (Lipinski definition) is 6. The van der Waals surface area contributed by atoms with Crippen LogP contribution in [0, 0.1) is 0 Å². The third-order valence-corrected chi connectivity index (χ3v) is 5.54. The number of Topliss-reactive ketones (excluding diaryl/α,β-unsaturated/α-hetero) is 1. The van der Waals surface area contributed by atoms with Gasteiger partial charge in [-0.15, -0.1) is 11.3 Å². The van der Waals surface area contributed by atoms with Crippen LogP contribution in [0.5, 0.6) is 11.5 Å². The first-order chi connectivity index (χ1) is 14.5. The van der Waals surface area contributed by atoms with E-state index in [1.165, 1.54) is 25.6 Å². The van der Waals surface area contributed by atoms with Crippen LogP contribution in [0.4, 0.5) is 5.13 Å². The smallest absolute Gasteiger partial charge is 0.226 e. The van der Waals surface area contributed by atoms with Gasteiger partial charge in [-0.2, -0.15) is 0 Å². The molecule has 0 radical (unpaired) electrons. The number of rotatable bonds is 9. The summed E-state index contributed by atoms with van der Waals surface area (Å²) in [7, 11) is 3.04. The van der Waals surface area contributed by atoms with Gasteiger partial charge in [-0.25, -0.2) is 4.98 Å². The Bertz CT molecular complexity index is 1030. The lowest BCUT2D eigenvalue weighted by Crippen LogP contribution is -2.13. The Hall–Kier alpha value is -2.90. The number of nitrogens with one attached hydrogen (secondary N) is 1. The second-order valence-electron chi connectivity index (χ2n) is 6.48. The van der Waals surface area contributed by atoms with Gasteiger partial charge in [-0.3, -0.25) is 9.59 Å². The number of ketones is 1. The van der Waals surface area contributed by atoms with Gasteiger partial charge in [0.25, 0.3) is 0 Å². The molecular weight excluding hydrogens is 424 g/mol. The van der Waals surface area contributed by atoms with E-state index in [0.717, 1.165) is 10.4 Å². The monoisotopic (exact) mass is 444 g/mol. The van der Waals surface area contributed by atoms with E-state index in [4.69, 9.17) is 21.1 Å². The van der Waals surface area contributed by atoms with Gasteiger partial charge in [0.05, 0.1) is 14.2 Å². The van der Waals surface area contributed by atoms with Gasteiger partial charge in [0.1, 0.15) is 0 Å². The van der Waals surface area contributed by atoms with Crippen molar-refractivity contribution < 1.29 is 19.1 Å². The number of halogens is 1. The van der Waals surface area contributed by atoms with E-state index in [1.807, 2.05) is 24.3 Å². The Balaban J connectivity index is 1.51. The lowest BCUT2D eigenvalue weighted by Gasteiger charge is -2.09. The molecule has 1 heterocycles. The van der Waals surface area contributed by atoms with Gasteiger partial charge in [-0.05, 0) is 35.9 Å². The topological polar surface area (TPSA) is 77.5 Å². The minimum Gasteiger partial charge on any atom is -0.493 e.